The maximum absolute atomic E-state index is 12.4. The van der Waals surface area contributed by atoms with Gasteiger partial charge in [0.25, 0.3) is 40.5 Å². The van der Waals surface area contributed by atoms with E-state index in [2.05, 4.69) is 30.7 Å². The monoisotopic (exact) mass is 966 g/mol. The zero-order chi connectivity index (χ0) is 47.4. The minimum Gasteiger partial charge on any atom is -0.505 e. The predicted octanol–water partition coefficient (Wildman–Crippen LogP) is 8.27. The van der Waals surface area contributed by atoms with Crippen LogP contribution in [0.5, 0.6) is 17.2 Å². The normalized spacial score (nSPS) is 13.0. The minimum atomic E-state index is -5.16. The first-order valence-corrected chi connectivity index (χ1v) is 23.5. The van der Waals surface area contributed by atoms with Gasteiger partial charge in [0.05, 0.1) is 46.8 Å². The van der Waals surface area contributed by atoms with Gasteiger partial charge in [-0.15, -0.1) is 30.7 Å². The lowest BCUT2D eigenvalue weighted by Gasteiger charge is -2.12. The molecule has 0 spiro atoms. The quantitative estimate of drug-likeness (QED) is 0.0344. The second kappa shape index (κ2) is 16.7. The highest BCUT2D eigenvalue weighted by molar-refractivity contribution is 7.86. The SMILES string of the molecule is COc1cc(N=Nc2ccc(N=Nc3ccc(N)c4cc(S(=O)(=O)O)ccc34)c3cc(S(=O)(=O)O)ccc23)c(OC)cc1N=Nc1c(S(=O)(=O)O)cc2cc(S(=O)(=O)O)c(N)cc2c1O. The summed E-state index contributed by atoms with van der Waals surface area (Å²) >= 11 is 0. The third kappa shape index (κ3) is 9.23. The Morgan fingerprint density at radius 1 is 0.431 bits per heavy atom. The number of nitrogen functional groups attached to an aromatic ring is 2. The molecule has 0 fully saturated rings. The van der Waals surface area contributed by atoms with Crippen LogP contribution in [0.2, 0.25) is 0 Å². The number of phenolic OH excluding ortho intramolecular Hbond substituents is 1. The van der Waals surface area contributed by atoms with Gasteiger partial charge in [0.15, 0.2) is 5.75 Å². The average Bonchev–Trinajstić information content (AvgIpc) is 3.23. The number of methoxy groups -OCH3 is 2. The number of fused-ring (bicyclic) bond motifs is 3. The topological polar surface area (TPSA) is 382 Å². The summed E-state index contributed by atoms with van der Waals surface area (Å²) in [5.41, 5.74) is 11.1. The highest BCUT2D eigenvalue weighted by atomic mass is 32.2. The molecule has 0 heterocycles. The van der Waals surface area contributed by atoms with E-state index in [1.165, 1.54) is 68.8 Å². The number of benzene rings is 7. The Bertz CT molecular complexity index is 3740. The molecule has 336 valence electrons. The number of phenols is 1. The third-order valence-electron chi connectivity index (χ3n) is 9.54. The molecule has 7 aromatic carbocycles. The molecule has 9 N–H and O–H groups in total. The van der Waals surface area contributed by atoms with Crippen molar-refractivity contribution in [3.63, 3.8) is 0 Å². The fraction of sp³-hybridized carbons (Fsp3) is 0.0526. The van der Waals surface area contributed by atoms with Gasteiger partial charge in [-0.25, -0.2) is 0 Å². The highest BCUT2D eigenvalue weighted by Gasteiger charge is 2.25. The number of nitrogens with zero attached hydrogens (tertiary/aromatic N) is 6. The summed E-state index contributed by atoms with van der Waals surface area (Å²) in [4.78, 5) is -2.67. The van der Waals surface area contributed by atoms with Gasteiger partial charge < -0.3 is 26.0 Å². The first-order valence-electron chi connectivity index (χ1n) is 17.8. The summed E-state index contributed by atoms with van der Waals surface area (Å²) in [5.74, 6) is -0.945. The number of nitrogens with two attached hydrogens (primary N) is 2. The molecule has 0 aliphatic rings. The molecule has 0 aromatic heterocycles. The zero-order valence-electron chi connectivity index (χ0n) is 32.9. The number of aromatic hydroxyl groups is 1. The molecule has 0 bridgehead atoms. The number of hydrogen-bond acceptors (Lipinski definition) is 19. The fourth-order valence-electron chi connectivity index (χ4n) is 6.46. The Labute approximate surface area is 367 Å². The van der Waals surface area contributed by atoms with Crippen molar-refractivity contribution in [2.75, 3.05) is 25.7 Å². The molecular weight excluding hydrogens is 937 g/mol. The summed E-state index contributed by atoms with van der Waals surface area (Å²) < 4.78 is 146. The lowest BCUT2D eigenvalue weighted by atomic mass is 10.1. The van der Waals surface area contributed by atoms with Gasteiger partial charge in [-0.2, -0.15) is 33.7 Å². The number of hydrogen-bond donors (Lipinski definition) is 7. The molecule has 0 saturated carbocycles. The Kier molecular flexibility index (Phi) is 11.8. The van der Waals surface area contributed by atoms with Crippen LogP contribution in [0.25, 0.3) is 32.3 Å². The third-order valence-corrected chi connectivity index (χ3v) is 13.0. The maximum Gasteiger partial charge on any atom is 0.296 e. The van der Waals surface area contributed by atoms with Gasteiger partial charge in [-0.3, -0.25) is 18.2 Å². The van der Waals surface area contributed by atoms with E-state index in [0.717, 1.165) is 36.4 Å². The van der Waals surface area contributed by atoms with E-state index in [-0.39, 0.29) is 72.6 Å². The van der Waals surface area contributed by atoms with Gasteiger partial charge in [-0.1, -0.05) is 12.1 Å². The van der Waals surface area contributed by atoms with Crippen molar-refractivity contribution in [1.82, 2.24) is 0 Å². The van der Waals surface area contributed by atoms with Gasteiger partial charge in [0, 0.05) is 44.8 Å². The Hall–Kier alpha value is -7.24. The molecule has 65 heavy (non-hydrogen) atoms. The van der Waals surface area contributed by atoms with E-state index in [0.29, 0.717) is 5.39 Å². The van der Waals surface area contributed by atoms with Crippen LogP contribution >= 0.6 is 0 Å². The van der Waals surface area contributed by atoms with Crippen LogP contribution in [-0.4, -0.2) is 71.2 Å². The highest BCUT2D eigenvalue weighted by Crippen LogP contribution is 2.46. The van der Waals surface area contributed by atoms with Gasteiger partial charge in [0.2, 0.25) is 0 Å². The molecule has 0 aliphatic carbocycles. The van der Waals surface area contributed by atoms with Gasteiger partial charge in [0.1, 0.15) is 38.4 Å². The van der Waals surface area contributed by atoms with E-state index >= 15 is 0 Å². The van der Waals surface area contributed by atoms with Crippen LogP contribution in [0, 0.1) is 0 Å². The summed E-state index contributed by atoms with van der Waals surface area (Å²) in [7, 11) is -16.8. The van der Waals surface area contributed by atoms with Crippen molar-refractivity contribution in [3.05, 3.63) is 91.0 Å². The second-order valence-electron chi connectivity index (χ2n) is 13.6. The fourth-order valence-corrected chi connectivity index (χ4v) is 8.76. The summed E-state index contributed by atoms with van der Waals surface area (Å²) in [6.45, 7) is 0. The van der Waals surface area contributed by atoms with Gasteiger partial charge in [-0.05, 0) is 72.1 Å². The summed E-state index contributed by atoms with van der Waals surface area (Å²) in [5, 5.41) is 36.7. The van der Waals surface area contributed by atoms with Crippen molar-refractivity contribution in [3.8, 4) is 17.2 Å². The maximum atomic E-state index is 12.4. The lowest BCUT2D eigenvalue weighted by molar-refractivity contribution is 0.405. The molecule has 7 rings (SSSR count). The van der Waals surface area contributed by atoms with Crippen LogP contribution < -0.4 is 20.9 Å². The van der Waals surface area contributed by atoms with E-state index in [1.54, 1.807) is 0 Å². The molecule has 23 nitrogen and oxygen atoms in total. The van der Waals surface area contributed by atoms with Crippen LogP contribution in [-0.2, 0) is 40.5 Å². The second-order valence-corrected chi connectivity index (χ2v) is 19.2. The number of rotatable bonds is 12. The lowest BCUT2D eigenvalue weighted by Crippen LogP contribution is -2.04. The van der Waals surface area contributed by atoms with E-state index in [4.69, 9.17) is 20.9 Å². The van der Waals surface area contributed by atoms with Crippen LogP contribution in [0.15, 0.2) is 141 Å². The molecule has 0 radical (unpaired) electrons. The summed E-state index contributed by atoms with van der Waals surface area (Å²) in [6.07, 6.45) is 0. The molecule has 0 amide bonds. The Morgan fingerprint density at radius 3 is 1.35 bits per heavy atom. The Morgan fingerprint density at radius 2 is 0.862 bits per heavy atom. The first-order chi connectivity index (χ1) is 30.4. The van der Waals surface area contributed by atoms with Crippen molar-refractivity contribution in [2.24, 2.45) is 30.7 Å². The number of azo groups is 3. The largest absolute Gasteiger partial charge is 0.505 e. The standard InChI is InChI=1S/C38H30N8O15S4/c1-60-33-17-32(45-46-37-36(65(57,58)59)12-18-11-35(64(54,55)56)27(40)15-23(18)38(37)47)34(61-2)16-31(33)44-42-29-9-10-30(25-14-20(63(51,52)53)4-6-22(25)29)43-41-28-8-7-26(39)24-13-19(62(48,49)50)3-5-21(24)28/h3-17,47H,39-40H2,1-2H3,(H,48,49,50)(H,51,52,53)(H,54,55,56)(H,57,58,59). The van der Waals surface area contributed by atoms with E-state index in [1.807, 2.05) is 0 Å². The van der Waals surface area contributed by atoms with Crippen molar-refractivity contribution in [2.45, 2.75) is 19.6 Å². The van der Waals surface area contributed by atoms with Crippen molar-refractivity contribution >= 4 is 118 Å². The average molecular weight is 967 g/mol. The van der Waals surface area contributed by atoms with Crippen LogP contribution in [0.4, 0.5) is 45.5 Å². The van der Waals surface area contributed by atoms with Crippen molar-refractivity contribution < 1.29 is 66.5 Å². The van der Waals surface area contributed by atoms with E-state index < -0.39 is 77.2 Å². The number of ether oxygens (including phenoxy) is 2. The van der Waals surface area contributed by atoms with Gasteiger partial charge >= 0.3 is 0 Å². The molecule has 27 heteroatoms. The molecule has 7 aromatic rings. The molecule has 0 aliphatic heterocycles. The minimum absolute atomic E-state index is 0.00503. The molecular formula is C38H30N8O15S4. The zero-order valence-corrected chi connectivity index (χ0v) is 36.2. The summed E-state index contributed by atoms with van der Waals surface area (Å²) in [6, 6.07) is 18.2. The molecule has 0 saturated heterocycles. The van der Waals surface area contributed by atoms with E-state index in [9.17, 15) is 57.0 Å². The smallest absolute Gasteiger partial charge is 0.296 e. The molecule has 0 unspecified atom stereocenters. The Balaban J connectivity index is 1.28. The predicted molar refractivity (Wildman–Crippen MR) is 234 cm³/mol. The van der Waals surface area contributed by atoms with Crippen molar-refractivity contribution in [1.29, 1.82) is 0 Å². The first kappa shape index (κ1) is 45.8. The van der Waals surface area contributed by atoms with Crippen LogP contribution in [0.1, 0.15) is 0 Å². The van der Waals surface area contributed by atoms with Crippen LogP contribution in [0.3, 0.4) is 0 Å². The number of anilines is 2. The molecule has 0 atom stereocenters.